The molecule has 0 aromatic heterocycles. The van der Waals surface area contributed by atoms with Crippen molar-refractivity contribution in [3.63, 3.8) is 0 Å². The van der Waals surface area contributed by atoms with Gasteiger partial charge in [0.15, 0.2) is 0 Å². The summed E-state index contributed by atoms with van der Waals surface area (Å²) in [5, 5.41) is 10.7. The van der Waals surface area contributed by atoms with Gasteiger partial charge in [-0.1, -0.05) is 0 Å². The van der Waals surface area contributed by atoms with Gasteiger partial charge in [0.25, 0.3) is 5.69 Å². The molecule has 0 aliphatic carbocycles. The van der Waals surface area contributed by atoms with Crippen LogP contribution in [0, 0.1) is 10.1 Å². The topological polar surface area (TPSA) is 95.2 Å². The second-order valence-electron chi connectivity index (χ2n) is 2.65. The smallest absolute Gasteiger partial charge is 0.297 e. The zero-order valence-corrected chi connectivity index (χ0v) is 8.50. The number of thioether (sulfide) groups is 1. The predicted octanol–water partition coefficient (Wildman–Crippen LogP) is 1.36. The van der Waals surface area contributed by atoms with E-state index in [4.69, 9.17) is 11.5 Å². The van der Waals surface area contributed by atoms with Gasteiger partial charge in [0.05, 0.1) is 10.5 Å². The van der Waals surface area contributed by atoms with Crippen molar-refractivity contribution >= 4 is 23.1 Å². The molecule has 0 aliphatic rings. The van der Waals surface area contributed by atoms with Crippen LogP contribution in [0.2, 0.25) is 0 Å². The lowest BCUT2D eigenvalue weighted by molar-refractivity contribution is -0.384. The van der Waals surface area contributed by atoms with Crippen molar-refractivity contribution in [2.45, 2.75) is 11.4 Å². The van der Waals surface area contributed by atoms with Crippen LogP contribution in [0.4, 0.5) is 11.4 Å². The maximum atomic E-state index is 10.7. The number of anilines is 1. The molecule has 0 unspecified atom stereocenters. The minimum atomic E-state index is -0.489. The average molecular weight is 213 g/mol. The number of nitro groups is 1. The third kappa shape index (κ3) is 1.80. The lowest BCUT2D eigenvalue weighted by atomic mass is 10.1. The Kier molecular flexibility index (Phi) is 3.32. The van der Waals surface area contributed by atoms with E-state index in [0.717, 1.165) is 4.90 Å². The number of nitrogen functional groups attached to an aromatic ring is 1. The summed E-state index contributed by atoms with van der Waals surface area (Å²) in [6.45, 7) is 0.123. The molecule has 4 N–H and O–H groups in total. The molecule has 0 amide bonds. The Morgan fingerprint density at radius 1 is 1.57 bits per heavy atom. The van der Waals surface area contributed by atoms with Gasteiger partial charge in [-0.3, -0.25) is 10.1 Å². The van der Waals surface area contributed by atoms with Crippen molar-refractivity contribution in [3.05, 3.63) is 27.8 Å². The van der Waals surface area contributed by atoms with E-state index in [1.807, 2.05) is 6.26 Å². The largest absolute Gasteiger partial charge is 0.393 e. The van der Waals surface area contributed by atoms with E-state index in [0.29, 0.717) is 5.56 Å². The van der Waals surface area contributed by atoms with E-state index in [-0.39, 0.29) is 17.9 Å². The van der Waals surface area contributed by atoms with Crippen LogP contribution in [0.5, 0.6) is 0 Å². The first-order valence-electron chi connectivity index (χ1n) is 3.91. The Bertz CT molecular complexity index is 368. The Labute approximate surface area is 85.6 Å². The van der Waals surface area contributed by atoms with Crippen molar-refractivity contribution in [2.75, 3.05) is 12.0 Å². The molecule has 0 spiro atoms. The van der Waals surface area contributed by atoms with Gasteiger partial charge < -0.3 is 11.5 Å². The highest BCUT2D eigenvalue weighted by Gasteiger charge is 2.19. The SMILES string of the molecule is CSc1ccc(N)c([N+](=O)[O-])c1CN. The highest BCUT2D eigenvalue weighted by Crippen LogP contribution is 2.33. The zero-order valence-electron chi connectivity index (χ0n) is 7.69. The quantitative estimate of drug-likeness (QED) is 0.342. The Morgan fingerprint density at radius 3 is 2.64 bits per heavy atom. The van der Waals surface area contributed by atoms with Crippen LogP contribution in [0.25, 0.3) is 0 Å². The second kappa shape index (κ2) is 4.30. The molecule has 0 saturated carbocycles. The van der Waals surface area contributed by atoms with Crippen molar-refractivity contribution < 1.29 is 4.92 Å². The van der Waals surface area contributed by atoms with E-state index in [2.05, 4.69) is 0 Å². The third-order valence-electron chi connectivity index (χ3n) is 1.88. The normalized spacial score (nSPS) is 10.1. The van der Waals surface area contributed by atoms with Gasteiger partial charge in [0.1, 0.15) is 5.69 Å². The van der Waals surface area contributed by atoms with Gasteiger partial charge in [-0.05, 0) is 18.4 Å². The lowest BCUT2D eigenvalue weighted by Gasteiger charge is -2.07. The molecule has 0 aliphatic heterocycles. The number of hydrogen-bond acceptors (Lipinski definition) is 5. The number of nitrogens with two attached hydrogens (primary N) is 2. The van der Waals surface area contributed by atoms with Crippen LogP contribution in [-0.2, 0) is 6.54 Å². The third-order valence-corrected chi connectivity index (χ3v) is 2.70. The maximum absolute atomic E-state index is 10.7. The van der Waals surface area contributed by atoms with Crippen LogP contribution in [-0.4, -0.2) is 11.2 Å². The van der Waals surface area contributed by atoms with E-state index in [1.165, 1.54) is 17.8 Å². The van der Waals surface area contributed by atoms with Crippen molar-refractivity contribution in [3.8, 4) is 0 Å². The van der Waals surface area contributed by atoms with Crippen LogP contribution < -0.4 is 11.5 Å². The van der Waals surface area contributed by atoms with Crippen LogP contribution in [0.3, 0.4) is 0 Å². The first-order chi connectivity index (χ1) is 6.61. The lowest BCUT2D eigenvalue weighted by Crippen LogP contribution is -2.06. The van der Waals surface area contributed by atoms with Gasteiger partial charge in [0, 0.05) is 11.4 Å². The number of nitrogens with zero attached hydrogens (tertiary/aromatic N) is 1. The molecule has 0 saturated heterocycles. The molecule has 5 nitrogen and oxygen atoms in total. The molecule has 6 heteroatoms. The Hall–Kier alpha value is -1.27. The standard InChI is InChI=1S/C8H11N3O2S/c1-14-7-3-2-6(10)8(11(12)13)5(7)4-9/h2-3H,4,9-10H2,1H3. The molecule has 1 rings (SSSR count). The first kappa shape index (κ1) is 10.8. The van der Waals surface area contributed by atoms with Gasteiger partial charge >= 0.3 is 0 Å². The van der Waals surface area contributed by atoms with Crippen molar-refractivity contribution in [2.24, 2.45) is 5.73 Å². The summed E-state index contributed by atoms with van der Waals surface area (Å²) in [5.74, 6) is 0. The fourth-order valence-corrected chi connectivity index (χ4v) is 1.87. The molecule has 0 bridgehead atoms. The molecule has 76 valence electrons. The average Bonchev–Trinajstić information content (AvgIpc) is 2.16. The fourth-order valence-electron chi connectivity index (χ4n) is 1.24. The minimum Gasteiger partial charge on any atom is -0.393 e. The van der Waals surface area contributed by atoms with Crippen LogP contribution in [0.1, 0.15) is 5.56 Å². The maximum Gasteiger partial charge on any atom is 0.297 e. The van der Waals surface area contributed by atoms with E-state index in [9.17, 15) is 10.1 Å². The van der Waals surface area contributed by atoms with Crippen LogP contribution in [0.15, 0.2) is 17.0 Å². The zero-order chi connectivity index (χ0) is 10.7. The summed E-state index contributed by atoms with van der Waals surface area (Å²) >= 11 is 1.42. The molecular weight excluding hydrogens is 202 g/mol. The number of benzene rings is 1. The predicted molar refractivity (Wildman–Crippen MR) is 57.2 cm³/mol. The van der Waals surface area contributed by atoms with Gasteiger partial charge in [-0.2, -0.15) is 0 Å². The fraction of sp³-hybridized carbons (Fsp3) is 0.250. The summed E-state index contributed by atoms with van der Waals surface area (Å²) < 4.78 is 0. The number of rotatable bonds is 3. The highest BCUT2D eigenvalue weighted by atomic mass is 32.2. The first-order valence-corrected chi connectivity index (χ1v) is 5.14. The monoisotopic (exact) mass is 213 g/mol. The minimum absolute atomic E-state index is 0.0700. The summed E-state index contributed by atoms with van der Waals surface area (Å²) in [6.07, 6.45) is 1.84. The Balaban J connectivity index is 3.42. The molecule has 1 aromatic rings. The van der Waals surface area contributed by atoms with Crippen LogP contribution >= 0.6 is 11.8 Å². The molecule has 0 fully saturated rings. The summed E-state index contributed by atoms with van der Waals surface area (Å²) in [7, 11) is 0. The Morgan fingerprint density at radius 2 is 2.21 bits per heavy atom. The summed E-state index contributed by atoms with van der Waals surface area (Å²) in [6, 6.07) is 3.28. The second-order valence-corrected chi connectivity index (χ2v) is 3.49. The van der Waals surface area contributed by atoms with Gasteiger partial charge in [-0.15, -0.1) is 11.8 Å². The van der Waals surface area contributed by atoms with Crippen molar-refractivity contribution in [1.82, 2.24) is 0 Å². The summed E-state index contributed by atoms with van der Waals surface area (Å²) in [4.78, 5) is 11.0. The van der Waals surface area contributed by atoms with E-state index >= 15 is 0 Å². The molecule has 0 atom stereocenters. The molecule has 0 radical (unpaired) electrons. The molecule has 0 heterocycles. The molecular formula is C8H11N3O2S. The molecule has 1 aromatic carbocycles. The highest BCUT2D eigenvalue weighted by molar-refractivity contribution is 7.98. The van der Waals surface area contributed by atoms with E-state index < -0.39 is 4.92 Å². The van der Waals surface area contributed by atoms with E-state index in [1.54, 1.807) is 6.07 Å². The van der Waals surface area contributed by atoms with Crippen molar-refractivity contribution in [1.29, 1.82) is 0 Å². The number of hydrogen-bond donors (Lipinski definition) is 2. The van der Waals surface area contributed by atoms with Gasteiger partial charge in [-0.25, -0.2) is 0 Å². The molecule has 14 heavy (non-hydrogen) atoms. The number of nitro benzene ring substituents is 1. The van der Waals surface area contributed by atoms with Gasteiger partial charge in [0.2, 0.25) is 0 Å². The summed E-state index contributed by atoms with van der Waals surface area (Å²) in [5.41, 5.74) is 11.6.